The molecule has 0 saturated heterocycles. The van der Waals surface area contributed by atoms with Crippen LogP contribution in [0.25, 0.3) is 0 Å². The molecule has 0 unspecified atom stereocenters. The molecular formula is C27H32Cl2NO+. The molecule has 0 radical (unpaired) electrons. The summed E-state index contributed by atoms with van der Waals surface area (Å²) < 4.78 is 9.05. The summed E-state index contributed by atoms with van der Waals surface area (Å²) in [7, 11) is 0. The summed E-state index contributed by atoms with van der Waals surface area (Å²) in [4.78, 5) is 0. The van der Waals surface area contributed by atoms with Crippen molar-refractivity contribution in [3.8, 4) is 0 Å². The molecule has 4 atom stereocenters. The van der Waals surface area contributed by atoms with Crippen molar-refractivity contribution in [2.45, 2.75) is 58.0 Å². The maximum atomic E-state index is 6.46. The largest absolute Gasteiger partial charge is 0.441 e. The molecule has 2 aliphatic rings. The van der Waals surface area contributed by atoms with Gasteiger partial charge in [0.05, 0.1) is 11.3 Å². The Bertz CT molecular complexity index is 981. The van der Waals surface area contributed by atoms with Gasteiger partial charge in [0.25, 0.3) is 0 Å². The highest BCUT2D eigenvalue weighted by Gasteiger charge is 2.57. The molecule has 2 heterocycles. The molecule has 2 aliphatic heterocycles. The van der Waals surface area contributed by atoms with Crippen LogP contribution >= 0.6 is 23.2 Å². The summed E-state index contributed by atoms with van der Waals surface area (Å²) in [5.74, 6) is 2.00. The standard InChI is InChI=1S/C27H32Cl2NO/c1-5-13-27(4)16-24(20-7-6-8-22(29)15-20)25(19-9-11-21(28)12-10-19)30-23(14-18(2)3)17-31-26(27)30/h5-12,15,18,23-25H,1,13-14,16-17H2,2-4H3/q+1/t23-,24+,25+,27-/m0/s1. The number of allylic oxidation sites excluding steroid dienone is 1. The van der Waals surface area contributed by atoms with Crippen molar-refractivity contribution < 1.29 is 9.31 Å². The first-order valence-electron chi connectivity index (χ1n) is 11.2. The number of rotatable bonds is 6. The molecule has 0 spiro atoms. The van der Waals surface area contributed by atoms with E-state index in [0.29, 0.717) is 12.0 Å². The van der Waals surface area contributed by atoms with Crippen molar-refractivity contribution in [3.63, 3.8) is 0 Å². The molecule has 4 heteroatoms. The number of hydrogen-bond acceptors (Lipinski definition) is 1. The predicted octanol–water partition coefficient (Wildman–Crippen LogP) is 7.66. The first kappa shape index (κ1) is 22.4. The summed E-state index contributed by atoms with van der Waals surface area (Å²) in [6.45, 7) is 11.7. The normalized spacial score (nSPS) is 27.9. The van der Waals surface area contributed by atoms with E-state index in [0.717, 1.165) is 41.8 Å². The molecule has 0 aromatic heterocycles. The van der Waals surface area contributed by atoms with Crippen molar-refractivity contribution in [2.24, 2.45) is 11.3 Å². The summed E-state index contributed by atoms with van der Waals surface area (Å²) >= 11 is 12.7. The van der Waals surface area contributed by atoms with E-state index in [4.69, 9.17) is 27.9 Å². The first-order valence-corrected chi connectivity index (χ1v) is 12.0. The summed E-state index contributed by atoms with van der Waals surface area (Å²) in [5, 5.41) is 1.54. The zero-order valence-corrected chi connectivity index (χ0v) is 20.2. The minimum absolute atomic E-state index is 0.0939. The molecule has 4 rings (SSSR count). The Hall–Kier alpha value is -1.77. The second-order valence-electron chi connectivity index (χ2n) is 9.72. The number of benzene rings is 2. The van der Waals surface area contributed by atoms with Gasteiger partial charge in [0.15, 0.2) is 18.7 Å². The molecule has 2 nitrogen and oxygen atoms in total. The Labute approximate surface area is 196 Å². The average Bonchev–Trinajstić information content (AvgIpc) is 3.13. The monoisotopic (exact) mass is 456 g/mol. The highest BCUT2D eigenvalue weighted by atomic mass is 35.5. The molecule has 0 N–H and O–H groups in total. The maximum absolute atomic E-state index is 6.46. The zero-order chi connectivity index (χ0) is 22.2. The van der Waals surface area contributed by atoms with Crippen LogP contribution < -0.4 is 0 Å². The van der Waals surface area contributed by atoms with Gasteiger partial charge < -0.3 is 4.74 Å². The highest BCUT2D eigenvalue weighted by Crippen LogP contribution is 2.51. The Morgan fingerprint density at radius 3 is 2.52 bits per heavy atom. The Balaban J connectivity index is 1.92. The molecular weight excluding hydrogens is 425 g/mol. The SMILES string of the molecule is C=CC[C@@]1(C)C[C@H](c2cccc(Cl)c2)[C@@H](c2ccc(Cl)cc2)[N+]2=C1OC[C@@H]2CC(C)C. The molecule has 0 bridgehead atoms. The lowest BCUT2D eigenvalue weighted by molar-refractivity contribution is -0.612. The third-order valence-corrected chi connectivity index (χ3v) is 7.22. The molecule has 2 aromatic carbocycles. The van der Waals surface area contributed by atoms with Crippen molar-refractivity contribution in [3.05, 3.63) is 82.4 Å². The van der Waals surface area contributed by atoms with E-state index < -0.39 is 0 Å². The lowest BCUT2D eigenvalue weighted by atomic mass is 9.69. The highest BCUT2D eigenvalue weighted by molar-refractivity contribution is 6.30. The van der Waals surface area contributed by atoms with Gasteiger partial charge in [-0.2, -0.15) is 4.58 Å². The van der Waals surface area contributed by atoms with Crippen molar-refractivity contribution >= 4 is 29.1 Å². The minimum Gasteiger partial charge on any atom is -0.441 e. The second kappa shape index (κ2) is 9.00. The Kier molecular flexibility index (Phi) is 6.51. The van der Waals surface area contributed by atoms with Crippen molar-refractivity contribution in [2.75, 3.05) is 6.61 Å². The smallest absolute Gasteiger partial charge is 0.343 e. The average molecular weight is 457 g/mol. The maximum Gasteiger partial charge on any atom is 0.343 e. The van der Waals surface area contributed by atoms with Gasteiger partial charge in [0.1, 0.15) is 0 Å². The van der Waals surface area contributed by atoms with E-state index >= 15 is 0 Å². The molecule has 31 heavy (non-hydrogen) atoms. The van der Waals surface area contributed by atoms with Crippen LogP contribution in [0.2, 0.25) is 10.0 Å². The van der Waals surface area contributed by atoms with Crippen LogP contribution in [0.3, 0.4) is 0 Å². The van der Waals surface area contributed by atoms with Gasteiger partial charge in [-0.25, -0.2) is 0 Å². The van der Waals surface area contributed by atoms with Crippen LogP contribution in [0, 0.1) is 11.3 Å². The molecule has 0 saturated carbocycles. The zero-order valence-electron chi connectivity index (χ0n) is 18.7. The van der Waals surface area contributed by atoms with Crippen LogP contribution in [0.5, 0.6) is 0 Å². The summed E-state index contributed by atoms with van der Waals surface area (Å²) in [6.07, 6.45) is 4.99. The van der Waals surface area contributed by atoms with Gasteiger partial charge in [-0.15, -0.1) is 6.58 Å². The van der Waals surface area contributed by atoms with E-state index in [2.05, 4.69) is 62.3 Å². The first-order chi connectivity index (χ1) is 14.8. The third kappa shape index (κ3) is 4.43. The number of halogens is 2. The fourth-order valence-corrected chi connectivity index (χ4v) is 5.84. The van der Waals surface area contributed by atoms with Gasteiger partial charge in [0, 0.05) is 22.0 Å². The van der Waals surface area contributed by atoms with Crippen LogP contribution in [0.4, 0.5) is 0 Å². The third-order valence-electron chi connectivity index (χ3n) is 6.73. The molecule has 164 valence electrons. The van der Waals surface area contributed by atoms with E-state index in [1.807, 2.05) is 24.3 Å². The van der Waals surface area contributed by atoms with E-state index in [9.17, 15) is 0 Å². The fourth-order valence-electron chi connectivity index (χ4n) is 5.52. The molecule has 2 aromatic rings. The predicted molar refractivity (Wildman–Crippen MR) is 130 cm³/mol. The van der Waals surface area contributed by atoms with Gasteiger partial charge in [0.2, 0.25) is 0 Å². The van der Waals surface area contributed by atoms with E-state index in [1.54, 1.807) is 0 Å². The van der Waals surface area contributed by atoms with Crippen LogP contribution in [0.1, 0.15) is 63.1 Å². The Morgan fingerprint density at radius 2 is 1.87 bits per heavy atom. The summed E-state index contributed by atoms with van der Waals surface area (Å²) in [5.41, 5.74) is 2.45. The number of hydrogen-bond donors (Lipinski definition) is 0. The fraction of sp³-hybridized carbons (Fsp3) is 0.444. The van der Waals surface area contributed by atoms with Crippen molar-refractivity contribution in [1.82, 2.24) is 0 Å². The minimum atomic E-state index is -0.0939. The van der Waals surface area contributed by atoms with Crippen molar-refractivity contribution in [1.29, 1.82) is 0 Å². The van der Waals surface area contributed by atoms with Crippen LogP contribution in [0.15, 0.2) is 61.2 Å². The topological polar surface area (TPSA) is 12.2 Å². The second-order valence-corrected chi connectivity index (χ2v) is 10.6. The number of ether oxygens (including phenoxy) is 1. The molecule has 0 aliphatic carbocycles. The quantitative estimate of drug-likeness (QED) is 0.320. The Morgan fingerprint density at radius 1 is 1.13 bits per heavy atom. The van der Waals surface area contributed by atoms with E-state index in [-0.39, 0.29) is 17.4 Å². The summed E-state index contributed by atoms with van der Waals surface area (Å²) in [6, 6.07) is 17.2. The van der Waals surface area contributed by atoms with Gasteiger partial charge in [-0.05, 0) is 55.5 Å². The molecule has 0 fully saturated rings. The van der Waals surface area contributed by atoms with Gasteiger partial charge >= 0.3 is 5.90 Å². The van der Waals surface area contributed by atoms with Gasteiger partial charge in [-0.1, -0.05) is 67.4 Å². The van der Waals surface area contributed by atoms with Gasteiger partial charge in [-0.3, -0.25) is 0 Å². The molecule has 0 amide bonds. The van der Waals surface area contributed by atoms with Crippen LogP contribution in [-0.2, 0) is 4.74 Å². The lowest BCUT2D eigenvalue weighted by Gasteiger charge is -2.38. The number of nitrogens with zero attached hydrogens (tertiary/aromatic N) is 1. The van der Waals surface area contributed by atoms with E-state index in [1.165, 1.54) is 11.1 Å². The van der Waals surface area contributed by atoms with Crippen LogP contribution in [-0.4, -0.2) is 23.1 Å². The lowest BCUT2D eigenvalue weighted by Crippen LogP contribution is -2.46.